The lowest BCUT2D eigenvalue weighted by atomic mass is 9.92. The van der Waals surface area contributed by atoms with E-state index in [0.29, 0.717) is 18.0 Å². The Balaban J connectivity index is 1.82. The second kappa shape index (κ2) is 7.04. The molecule has 0 bridgehead atoms. The van der Waals surface area contributed by atoms with Gasteiger partial charge in [-0.05, 0) is 44.3 Å². The molecule has 1 aromatic carbocycles. The van der Waals surface area contributed by atoms with Crippen molar-refractivity contribution < 1.29 is 14.3 Å². The van der Waals surface area contributed by atoms with Gasteiger partial charge < -0.3 is 5.11 Å². The number of benzene rings is 1. The van der Waals surface area contributed by atoms with E-state index in [4.69, 9.17) is 16.7 Å². The molecule has 0 aliphatic carbocycles. The van der Waals surface area contributed by atoms with E-state index in [-0.39, 0.29) is 17.3 Å². The molecule has 0 unspecified atom stereocenters. The Labute approximate surface area is 123 Å². The molecule has 5 heteroatoms. The Morgan fingerprint density at radius 2 is 2.10 bits per heavy atom. The van der Waals surface area contributed by atoms with Crippen molar-refractivity contribution in [2.24, 2.45) is 5.92 Å². The van der Waals surface area contributed by atoms with E-state index < -0.39 is 5.97 Å². The molecule has 0 saturated carbocycles. The zero-order valence-electron chi connectivity index (χ0n) is 11.3. The minimum Gasteiger partial charge on any atom is -0.481 e. The number of carboxylic acid groups (broad SMARTS) is 1. The molecule has 1 aliphatic heterocycles. The third kappa shape index (κ3) is 4.18. The number of hydrogen-bond donors (Lipinski definition) is 1. The lowest BCUT2D eigenvalue weighted by molar-refractivity contribution is -0.137. The Morgan fingerprint density at radius 3 is 2.75 bits per heavy atom. The van der Waals surface area contributed by atoms with Gasteiger partial charge >= 0.3 is 5.97 Å². The van der Waals surface area contributed by atoms with Gasteiger partial charge in [-0.2, -0.15) is 0 Å². The summed E-state index contributed by atoms with van der Waals surface area (Å²) in [4.78, 5) is 12.8. The molecule has 110 valence electrons. The summed E-state index contributed by atoms with van der Waals surface area (Å²) >= 11 is 5.78. The van der Waals surface area contributed by atoms with E-state index in [9.17, 15) is 9.18 Å². The molecule has 0 aromatic heterocycles. The maximum Gasteiger partial charge on any atom is 0.303 e. The largest absolute Gasteiger partial charge is 0.481 e. The molecule has 1 aromatic rings. The molecule has 1 N–H and O–H groups in total. The predicted molar refractivity (Wildman–Crippen MR) is 76.3 cm³/mol. The summed E-state index contributed by atoms with van der Waals surface area (Å²) in [6.07, 6.45) is 2.95. The molecule has 20 heavy (non-hydrogen) atoms. The lowest BCUT2D eigenvalue weighted by Crippen LogP contribution is -2.33. The van der Waals surface area contributed by atoms with Crippen LogP contribution in [0.3, 0.4) is 0 Å². The van der Waals surface area contributed by atoms with E-state index in [1.165, 1.54) is 0 Å². The van der Waals surface area contributed by atoms with E-state index in [0.717, 1.165) is 32.4 Å². The Bertz CT molecular complexity index is 473. The second-order valence-electron chi connectivity index (χ2n) is 5.36. The van der Waals surface area contributed by atoms with Crippen LogP contribution in [0.5, 0.6) is 0 Å². The van der Waals surface area contributed by atoms with E-state index >= 15 is 0 Å². The number of hydrogen-bond acceptors (Lipinski definition) is 2. The van der Waals surface area contributed by atoms with Gasteiger partial charge in [0.1, 0.15) is 5.82 Å². The van der Waals surface area contributed by atoms with Crippen molar-refractivity contribution in [1.82, 2.24) is 4.90 Å². The van der Waals surface area contributed by atoms with Crippen molar-refractivity contribution in [3.05, 3.63) is 34.6 Å². The monoisotopic (exact) mass is 299 g/mol. The zero-order chi connectivity index (χ0) is 14.5. The molecule has 0 amide bonds. The summed E-state index contributed by atoms with van der Waals surface area (Å²) in [5.74, 6) is -0.581. The highest BCUT2D eigenvalue weighted by atomic mass is 35.5. The first kappa shape index (κ1) is 15.3. The molecule has 1 heterocycles. The van der Waals surface area contributed by atoms with Crippen LogP contribution in [0.15, 0.2) is 18.2 Å². The molecular weight excluding hydrogens is 281 g/mol. The number of carboxylic acids is 1. The van der Waals surface area contributed by atoms with Crippen LogP contribution in [0.2, 0.25) is 5.02 Å². The van der Waals surface area contributed by atoms with E-state index in [2.05, 4.69) is 4.90 Å². The molecule has 0 atom stereocenters. The van der Waals surface area contributed by atoms with Crippen LogP contribution in [-0.4, -0.2) is 29.1 Å². The number of halogens is 2. The summed E-state index contributed by atoms with van der Waals surface area (Å²) in [5.41, 5.74) is 0.626. The van der Waals surface area contributed by atoms with Crippen LogP contribution in [0.4, 0.5) is 4.39 Å². The fraction of sp³-hybridized carbons (Fsp3) is 0.533. The quantitative estimate of drug-likeness (QED) is 0.904. The fourth-order valence-electron chi connectivity index (χ4n) is 2.67. The van der Waals surface area contributed by atoms with Crippen molar-refractivity contribution in [2.45, 2.75) is 32.2 Å². The first-order chi connectivity index (χ1) is 9.56. The van der Waals surface area contributed by atoms with Gasteiger partial charge in [-0.1, -0.05) is 23.7 Å². The summed E-state index contributed by atoms with van der Waals surface area (Å²) in [7, 11) is 0. The predicted octanol–water partition coefficient (Wildman–Crippen LogP) is 3.56. The Hall–Kier alpha value is -1.13. The van der Waals surface area contributed by atoms with E-state index in [1.807, 2.05) is 0 Å². The van der Waals surface area contributed by atoms with Crippen LogP contribution < -0.4 is 0 Å². The SMILES string of the molecule is O=C(O)CCC1CCN(Cc2cccc(Cl)c2F)CC1. The van der Waals surface area contributed by atoms with Gasteiger partial charge in [-0.3, -0.25) is 9.69 Å². The van der Waals surface area contributed by atoms with Crippen LogP contribution in [-0.2, 0) is 11.3 Å². The van der Waals surface area contributed by atoms with Crippen molar-refractivity contribution >= 4 is 17.6 Å². The first-order valence-corrected chi connectivity index (χ1v) is 7.31. The lowest BCUT2D eigenvalue weighted by Gasteiger charge is -2.31. The molecule has 1 saturated heterocycles. The van der Waals surface area contributed by atoms with Crippen molar-refractivity contribution in [1.29, 1.82) is 0 Å². The number of piperidine rings is 1. The smallest absolute Gasteiger partial charge is 0.303 e. The maximum absolute atomic E-state index is 13.8. The number of likely N-dealkylation sites (tertiary alicyclic amines) is 1. The zero-order valence-corrected chi connectivity index (χ0v) is 12.1. The van der Waals surface area contributed by atoms with Gasteiger partial charge in [0.05, 0.1) is 5.02 Å². The second-order valence-corrected chi connectivity index (χ2v) is 5.77. The highest BCUT2D eigenvalue weighted by molar-refractivity contribution is 6.30. The molecule has 2 rings (SSSR count). The van der Waals surface area contributed by atoms with Crippen molar-refractivity contribution in [3.63, 3.8) is 0 Å². The van der Waals surface area contributed by atoms with E-state index in [1.54, 1.807) is 18.2 Å². The topological polar surface area (TPSA) is 40.5 Å². The number of carbonyl (C=O) groups is 1. The molecule has 0 spiro atoms. The van der Waals surface area contributed by atoms with Gasteiger partial charge in [0.2, 0.25) is 0 Å². The average molecular weight is 300 g/mol. The fourth-order valence-corrected chi connectivity index (χ4v) is 2.87. The highest BCUT2D eigenvalue weighted by Gasteiger charge is 2.20. The van der Waals surface area contributed by atoms with Crippen molar-refractivity contribution in [3.8, 4) is 0 Å². The summed E-state index contributed by atoms with van der Waals surface area (Å²) in [6, 6.07) is 5.08. The summed E-state index contributed by atoms with van der Waals surface area (Å²) in [6.45, 7) is 2.34. The van der Waals surface area contributed by atoms with Gasteiger partial charge in [-0.15, -0.1) is 0 Å². The number of rotatable bonds is 5. The summed E-state index contributed by atoms with van der Waals surface area (Å²) in [5, 5.41) is 8.85. The minimum atomic E-state index is -0.728. The third-order valence-corrected chi connectivity index (χ3v) is 4.19. The van der Waals surface area contributed by atoms with Gasteiger partial charge in [0, 0.05) is 18.5 Å². The van der Waals surface area contributed by atoms with Gasteiger partial charge in [0.15, 0.2) is 0 Å². The third-order valence-electron chi connectivity index (χ3n) is 3.90. The van der Waals surface area contributed by atoms with Gasteiger partial charge in [0.25, 0.3) is 0 Å². The molecule has 3 nitrogen and oxygen atoms in total. The average Bonchev–Trinajstić information content (AvgIpc) is 2.43. The molecule has 1 aliphatic rings. The first-order valence-electron chi connectivity index (χ1n) is 6.93. The van der Waals surface area contributed by atoms with Crippen LogP contribution in [0, 0.1) is 11.7 Å². The van der Waals surface area contributed by atoms with Gasteiger partial charge in [-0.25, -0.2) is 4.39 Å². The molecule has 0 radical (unpaired) electrons. The molecule has 1 fully saturated rings. The minimum absolute atomic E-state index is 0.166. The van der Waals surface area contributed by atoms with Crippen molar-refractivity contribution in [2.75, 3.05) is 13.1 Å². The standard InChI is InChI=1S/C15H19ClFNO2/c16-13-3-1-2-12(15(13)17)10-18-8-6-11(7-9-18)4-5-14(19)20/h1-3,11H,4-10H2,(H,19,20). The van der Waals surface area contributed by atoms with Crippen LogP contribution in [0.25, 0.3) is 0 Å². The molecular formula is C15H19ClFNO2. The highest BCUT2D eigenvalue weighted by Crippen LogP contribution is 2.25. The summed E-state index contributed by atoms with van der Waals surface area (Å²) < 4.78 is 13.8. The number of nitrogens with zero attached hydrogens (tertiary/aromatic N) is 1. The maximum atomic E-state index is 13.8. The number of aliphatic carboxylic acids is 1. The van der Waals surface area contributed by atoms with Crippen LogP contribution >= 0.6 is 11.6 Å². The van der Waals surface area contributed by atoms with Crippen LogP contribution in [0.1, 0.15) is 31.2 Å². The normalized spacial score (nSPS) is 17.3. The Morgan fingerprint density at radius 1 is 1.40 bits per heavy atom. The Kier molecular flexibility index (Phi) is 5.38.